The molecule has 2 N–H and O–H groups in total. The van der Waals surface area contributed by atoms with Crippen molar-refractivity contribution in [2.24, 2.45) is 5.92 Å². The SMILES string of the molecule is O=C(CCCCCC(F)(F)C1CC1)N[C@H](CN1CCCC1)C(O)c1ccc2c(c1)OCCO2. The van der Waals surface area contributed by atoms with Gasteiger partial charge in [0.1, 0.15) is 19.3 Å². The van der Waals surface area contributed by atoms with Gasteiger partial charge < -0.3 is 24.8 Å². The number of amides is 1. The van der Waals surface area contributed by atoms with Crippen LogP contribution in [0.2, 0.25) is 0 Å². The van der Waals surface area contributed by atoms with Crippen molar-refractivity contribution in [3.63, 3.8) is 0 Å². The average Bonchev–Trinajstić information content (AvgIpc) is 3.56. The lowest BCUT2D eigenvalue weighted by molar-refractivity contribution is -0.123. The van der Waals surface area contributed by atoms with Crippen molar-refractivity contribution < 1.29 is 28.2 Å². The quantitative estimate of drug-likeness (QED) is 0.455. The molecule has 6 nitrogen and oxygen atoms in total. The lowest BCUT2D eigenvalue weighted by Gasteiger charge is -2.29. The Kier molecular flexibility index (Phi) is 8.07. The number of nitrogens with one attached hydrogen (secondary N) is 1. The maximum atomic E-state index is 13.8. The van der Waals surface area contributed by atoms with Crippen LogP contribution in [0.1, 0.15) is 69.5 Å². The Morgan fingerprint density at radius 1 is 1.12 bits per heavy atom. The summed E-state index contributed by atoms with van der Waals surface area (Å²) in [5, 5.41) is 14.1. The molecule has 0 spiro atoms. The molecule has 2 aliphatic heterocycles. The van der Waals surface area contributed by atoms with Crippen molar-refractivity contribution in [1.29, 1.82) is 0 Å². The van der Waals surface area contributed by atoms with Gasteiger partial charge in [0.15, 0.2) is 11.5 Å². The van der Waals surface area contributed by atoms with E-state index in [4.69, 9.17) is 9.47 Å². The molecule has 0 radical (unpaired) electrons. The van der Waals surface area contributed by atoms with E-state index >= 15 is 0 Å². The number of likely N-dealkylation sites (tertiary alicyclic amines) is 1. The number of carbonyl (C=O) groups excluding carboxylic acids is 1. The molecular weight excluding hydrogens is 430 g/mol. The zero-order chi connectivity index (χ0) is 23.3. The summed E-state index contributed by atoms with van der Waals surface area (Å²) >= 11 is 0. The Hall–Kier alpha value is -1.93. The molecule has 1 aromatic rings. The third-order valence-corrected chi connectivity index (χ3v) is 6.88. The number of fused-ring (bicyclic) bond motifs is 1. The predicted molar refractivity (Wildman–Crippen MR) is 121 cm³/mol. The molecule has 1 amide bonds. The van der Waals surface area contributed by atoms with Crippen LogP contribution >= 0.6 is 0 Å². The molecule has 1 unspecified atom stereocenters. The van der Waals surface area contributed by atoms with Crippen LogP contribution in [0.15, 0.2) is 18.2 Å². The first kappa shape index (κ1) is 24.2. The number of aliphatic hydroxyl groups is 1. The van der Waals surface area contributed by atoms with Crippen LogP contribution in [0.4, 0.5) is 8.78 Å². The Morgan fingerprint density at radius 3 is 2.58 bits per heavy atom. The number of aliphatic hydroxyl groups excluding tert-OH is 1. The van der Waals surface area contributed by atoms with Crippen LogP contribution in [-0.4, -0.2) is 60.7 Å². The maximum absolute atomic E-state index is 13.8. The highest BCUT2D eigenvalue weighted by Crippen LogP contribution is 2.46. The van der Waals surface area contributed by atoms with Gasteiger partial charge in [-0.2, -0.15) is 0 Å². The number of alkyl halides is 2. The molecule has 3 aliphatic rings. The summed E-state index contributed by atoms with van der Waals surface area (Å²) in [6.07, 6.45) is 4.44. The molecule has 1 saturated carbocycles. The third-order valence-electron chi connectivity index (χ3n) is 6.88. The van der Waals surface area contributed by atoms with Gasteiger partial charge in [0.2, 0.25) is 5.91 Å². The lowest BCUT2D eigenvalue weighted by atomic mass is 10.00. The van der Waals surface area contributed by atoms with Gasteiger partial charge in [-0.3, -0.25) is 4.79 Å². The summed E-state index contributed by atoms with van der Waals surface area (Å²) in [6.45, 7) is 3.44. The highest BCUT2D eigenvalue weighted by molar-refractivity contribution is 5.76. The van der Waals surface area contributed by atoms with E-state index in [9.17, 15) is 18.7 Å². The largest absolute Gasteiger partial charge is 0.486 e. The zero-order valence-corrected chi connectivity index (χ0v) is 19.2. The van der Waals surface area contributed by atoms with Crippen molar-refractivity contribution in [1.82, 2.24) is 10.2 Å². The van der Waals surface area contributed by atoms with Gasteiger partial charge in [-0.15, -0.1) is 0 Å². The molecule has 1 saturated heterocycles. The smallest absolute Gasteiger partial charge is 0.250 e. The van der Waals surface area contributed by atoms with Gasteiger partial charge in [0.05, 0.1) is 6.04 Å². The van der Waals surface area contributed by atoms with Gasteiger partial charge >= 0.3 is 0 Å². The molecule has 8 heteroatoms. The minimum Gasteiger partial charge on any atom is -0.486 e. The zero-order valence-electron chi connectivity index (χ0n) is 19.2. The number of benzene rings is 1. The number of rotatable bonds is 12. The van der Waals surface area contributed by atoms with Crippen LogP contribution in [0, 0.1) is 5.92 Å². The molecule has 2 heterocycles. The number of hydrogen-bond donors (Lipinski definition) is 2. The van der Waals surface area contributed by atoms with E-state index in [1.54, 1.807) is 18.2 Å². The normalized spacial score (nSPS) is 20.5. The fraction of sp³-hybridized carbons (Fsp3) is 0.720. The molecule has 33 heavy (non-hydrogen) atoms. The van der Waals surface area contributed by atoms with Crippen LogP contribution in [0.5, 0.6) is 11.5 Å². The van der Waals surface area contributed by atoms with Crippen molar-refractivity contribution in [3.8, 4) is 11.5 Å². The standard InChI is InChI=1S/C25H36F2N2O4/c26-25(27,19-8-9-19)11-3-1-2-6-23(30)28-20(17-29-12-4-5-13-29)24(31)18-7-10-21-22(16-18)33-15-14-32-21/h7,10,16,19-20,24,31H,1-6,8-9,11-15,17H2,(H,28,30)/t20-,24?/m1/s1. The van der Waals surface area contributed by atoms with E-state index in [-0.39, 0.29) is 18.7 Å². The van der Waals surface area contributed by atoms with Crippen molar-refractivity contribution in [2.75, 3.05) is 32.8 Å². The Bertz CT molecular complexity index is 797. The number of nitrogens with zero attached hydrogens (tertiary/aromatic N) is 1. The molecule has 2 atom stereocenters. The molecule has 0 bridgehead atoms. The maximum Gasteiger partial charge on any atom is 0.250 e. The van der Waals surface area contributed by atoms with E-state index in [1.807, 2.05) is 0 Å². The highest BCUT2D eigenvalue weighted by Gasteiger charge is 2.45. The summed E-state index contributed by atoms with van der Waals surface area (Å²) in [7, 11) is 0. The van der Waals surface area contributed by atoms with E-state index in [2.05, 4.69) is 10.2 Å². The van der Waals surface area contributed by atoms with Gasteiger partial charge in [0.25, 0.3) is 5.92 Å². The van der Waals surface area contributed by atoms with Crippen molar-refractivity contribution in [2.45, 2.75) is 75.9 Å². The van der Waals surface area contributed by atoms with Crippen molar-refractivity contribution >= 4 is 5.91 Å². The second kappa shape index (κ2) is 11.0. The first-order chi connectivity index (χ1) is 15.9. The topological polar surface area (TPSA) is 71.0 Å². The second-order valence-corrected chi connectivity index (χ2v) is 9.63. The van der Waals surface area contributed by atoms with Crippen LogP contribution in [0.25, 0.3) is 0 Å². The number of ether oxygens (including phenoxy) is 2. The fourth-order valence-electron chi connectivity index (χ4n) is 4.76. The number of carbonyl (C=O) groups is 1. The molecule has 1 aliphatic carbocycles. The number of halogens is 2. The summed E-state index contributed by atoms with van der Waals surface area (Å²) in [5.41, 5.74) is 0.672. The number of hydrogen-bond acceptors (Lipinski definition) is 5. The lowest BCUT2D eigenvalue weighted by Crippen LogP contribution is -2.46. The predicted octanol–water partition coefficient (Wildman–Crippen LogP) is 4.07. The summed E-state index contributed by atoms with van der Waals surface area (Å²) in [5.74, 6) is -1.85. The fourth-order valence-corrected chi connectivity index (χ4v) is 4.76. The second-order valence-electron chi connectivity index (χ2n) is 9.63. The summed E-state index contributed by atoms with van der Waals surface area (Å²) in [4.78, 5) is 14.9. The number of unbranched alkanes of at least 4 members (excludes halogenated alkanes) is 2. The Labute approximate surface area is 194 Å². The van der Waals surface area contributed by atoms with Crippen molar-refractivity contribution in [3.05, 3.63) is 23.8 Å². The van der Waals surface area contributed by atoms with E-state index in [1.165, 1.54) is 0 Å². The molecule has 1 aromatic carbocycles. The van der Waals surface area contributed by atoms with E-state index in [0.29, 0.717) is 68.9 Å². The Balaban J connectivity index is 1.29. The van der Waals surface area contributed by atoms with Gasteiger partial charge in [-0.1, -0.05) is 12.5 Å². The Morgan fingerprint density at radius 2 is 1.85 bits per heavy atom. The molecule has 4 rings (SSSR count). The highest BCUT2D eigenvalue weighted by atomic mass is 19.3. The molecule has 0 aromatic heterocycles. The monoisotopic (exact) mass is 466 g/mol. The van der Waals surface area contributed by atoms with Gasteiger partial charge in [0, 0.05) is 25.3 Å². The summed E-state index contributed by atoms with van der Waals surface area (Å²) in [6, 6.07) is 4.92. The first-order valence-electron chi connectivity index (χ1n) is 12.4. The summed E-state index contributed by atoms with van der Waals surface area (Å²) < 4.78 is 38.8. The average molecular weight is 467 g/mol. The van der Waals surface area contributed by atoms with Gasteiger partial charge in [-0.25, -0.2) is 8.78 Å². The van der Waals surface area contributed by atoms with E-state index in [0.717, 1.165) is 25.9 Å². The first-order valence-corrected chi connectivity index (χ1v) is 12.4. The van der Waals surface area contributed by atoms with E-state index < -0.39 is 24.0 Å². The minimum atomic E-state index is -2.54. The molecule has 2 fully saturated rings. The van der Waals surface area contributed by atoms with Crippen LogP contribution in [-0.2, 0) is 4.79 Å². The molecular formula is C25H36F2N2O4. The molecule has 184 valence electrons. The van der Waals surface area contributed by atoms with Crippen LogP contribution < -0.4 is 14.8 Å². The van der Waals surface area contributed by atoms with Gasteiger partial charge in [-0.05, 0) is 69.3 Å². The minimum absolute atomic E-state index is 0.0836. The third kappa shape index (κ3) is 6.79. The van der Waals surface area contributed by atoms with Crippen LogP contribution in [0.3, 0.4) is 0 Å².